The van der Waals surface area contributed by atoms with Crippen LogP contribution in [-0.4, -0.2) is 19.6 Å². The molecule has 0 aromatic carbocycles. The van der Waals surface area contributed by atoms with Crippen molar-refractivity contribution in [1.82, 2.24) is 10.6 Å². The highest BCUT2D eigenvalue weighted by Crippen LogP contribution is 2.22. The first kappa shape index (κ1) is 14.5. The van der Waals surface area contributed by atoms with Gasteiger partial charge in [-0.25, -0.2) is 0 Å². The Bertz CT molecular complexity index is 347. The fourth-order valence-electron chi connectivity index (χ4n) is 2.59. The summed E-state index contributed by atoms with van der Waals surface area (Å²) >= 11 is 5.31. The van der Waals surface area contributed by atoms with Crippen LogP contribution in [0.5, 0.6) is 0 Å². The third-order valence-corrected chi connectivity index (χ3v) is 5.53. The number of nitrogens with one attached hydrogen (secondary N) is 2. The molecular weight excluding hydrogens is 308 g/mol. The van der Waals surface area contributed by atoms with Crippen LogP contribution in [0.4, 0.5) is 0 Å². The molecule has 4 heteroatoms. The Labute approximate surface area is 123 Å². The van der Waals surface area contributed by atoms with E-state index in [0.717, 1.165) is 24.9 Å². The first-order valence-electron chi connectivity index (χ1n) is 6.90. The summed E-state index contributed by atoms with van der Waals surface area (Å²) in [6.45, 7) is 6.98. The van der Waals surface area contributed by atoms with Crippen molar-refractivity contribution >= 4 is 27.3 Å². The molecule has 2 atom stereocenters. The molecule has 2 unspecified atom stereocenters. The Morgan fingerprint density at radius 2 is 2.50 bits per heavy atom. The van der Waals surface area contributed by atoms with Gasteiger partial charge in [-0.15, -0.1) is 11.3 Å². The summed E-state index contributed by atoms with van der Waals surface area (Å²) in [4.78, 5) is 1.41. The van der Waals surface area contributed by atoms with E-state index in [0.29, 0.717) is 0 Å². The van der Waals surface area contributed by atoms with Crippen LogP contribution in [0.2, 0.25) is 0 Å². The lowest BCUT2D eigenvalue weighted by Gasteiger charge is -2.28. The van der Waals surface area contributed by atoms with Crippen molar-refractivity contribution in [2.45, 2.75) is 32.7 Å². The zero-order valence-corrected chi connectivity index (χ0v) is 13.4. The van der Waals surface area contributed by atoms with E-state index in [1.807, 2.05) is 11.3 Å². The summed E-state index contributed by atoms with van der Waals surface area (Å²) in [5.74, 6) is 1.72. The van der Waals surface area contributed by atoms with Crippen molar-refractivity contribution in [1.29, 1.82) is 0 Å². The Balaban J connectivity index is 1.59. The molecule has 2 N–H and O–H groups in total. The summed E-state index contributed by atoms with van der Waals surface area (Å²) in [5, 5.41) is 9.21. The first-order chi connectivity index (χ1) is 8.75. The third kappa shape index (κ3) is 4.65. The van der Waals surface area contributed by atoms with Gasteiger partial charge < -0.3 is 10.6 Å². The molecule has 1 aliphatic rings. The third-order valence-electron chi connectivity index (χ3n) is 3.84. The maximum atomic E-state index is 3.55. The van der Waals surface area contributed by atoms with Gasteiger partial charge in [0, 0.05) is 21.3 Å². The Hall–Kier alpha value is 0.1000. The average Bonchev–Trinajstić information content (AvgIpc) is 2.81. The molecule has 2 heterocycles. The van der Waals surface area contributed by atoms with Gasteiger partial charge >= 0.3 is 0 Å². The predicted octanol–water partition coefficient (Wildman–Crippen LogP) is 3.63. The zero-order valence-electron chi connectivity index (χ0n) is 11.0. The van der Waals surface area contributed by atoms with Crippen LogP contribution in [-0.2, 0) is 6.54 Å². The van der Waals surface area contributed by atoms with Crippen LogP contribution < -0.4 is 10.6 Å². The van der Waals surface area contributed by atoms with Gasteiger partial charge in [0.2, 0.25) is 0 Å². The van der Waals surface area contributed by atoms with Crippen LogP contribution >= 0.6 is 27.3 Å². The number of halogens is 1. The van der Waals surface area contributed by atoms with E-state index < -0.39 is 0 Å². The highest BCUT2D eigenvalue weighted by molar-refractivity contribution is 9.10. The monoisotopic (exact) mass is 330 g/mol. The smallest absolute Gasteiger partial charge is 0.0300 e. The molecule has 102 valence electrons. The van der Waals surface area contributed by atoms with E-state index >= 15 is 0 Å². The molecule has 1 saturated heterocycles. The fourth-order valence-corrected chi connectivity index (χ4v) is 4.01. The van der Waals surface area contributed by atoms with Gasteiger partial charge in [0.05, 0.1) is 0 Å². The van der Waals surface area contributed by atoms with Gasteiger partial charge in [-0.1, -0.05) is 6.92 Å². The van der Waals surface area contributed by atoms with Crippen molar-refractivity contribution in [2.75, 3.05) is 19.6 Å². The van der Waals surface area contributed by atoms with E-state index in [1.54, 1.807) is 0 Å². The molecule has 0 bridgehead atoms. The normalized spacial score (nSPS) is 22.0. The number of hydrogen-bond acceptors (Lipinski definition) is 3. The molecule has 0 amide bonds. The summed E-state index contributed by atoms with van der Waals surface area (Å²) < 4.78 is 1.20. The second-order valence-electron chi connectivity index (χ2n) is 5.28. The molecule has 18 heavy (non-hydrogen) atoms. The van der Waals surface area contributed by atoms with Gasteiger partial charge in [0.25, 0.3) is 0 Å². The van der Waals surface area contributed by atoms with Crippen LogP contribution in [0.3, 0.4) is 0 Å². The van der Waals surface area contributed by atoms with Gasteiger partial charge in [-0.3, -0.25) is 0 Å². The summed E-state index contributed by atoms with van der Waals surface area (Å²) in [6, 6.07) is 2.20. The van der Waals surface area contributed by atoms with E-state index in [2.05, 4.69) is 44.9 Å². The molecule has 0 saturated carbocycles. The lowest BCUT2D eigenvalue weighted by molar-refractivity contribution is 0.266. The SMILES string of the molecule is CC(CCNCc1cc(Br)cs1)C1CCCNC1. The van der Waals surface area contributed by atoms with Gasteiger partial charge in [0.1, 0.15) is 0 Å². The van der Waals surface area contributed by atoms with Crippen LogP contribution in [0, 0.1) is 11.8 Å². The fraction of sp³-hybridized carbons (Fsp3) is 0.714. The molecule has 1 fully saturated rings. The number of rotatable bonds is 6. The van der Waals surface area contributed by atoms with E-state index in [9.17, 15) is 0 Å². The van der Waals surface area contributed by atoms with Crippen LogP contribution in [0.25, 0.3) is 0 Å². The van der Waals surface area contributed by atoms with E-state index in [1.165, 1.54) is 41.7 Å². The van der Waals surface area contributed by atoms with Crippen molar-refractivity contribution in [2.24, 2.45) is 11.8 Å². The molecule has 0 radical (unpaired) electrons. The van der Waals surface area contributed by atoms with Crippen molar-refractivity contribution < 1.29 is 0 Å². The van der Waals surface area contributed by atoms with E-state index in [4.69, 9.17) is 0 Å². The molecule has 0 spiro atoms. The summed E-state index contributed by atoms with van der Waals surface area (Å²) in [7, 11) is 0. The Kier molecular flexibility index (Phi) is 6.15. The lowest BCUT2D eigenvalue weighted by atomic mass is 9.85. The Morgan fingerprint density at radius 1 is 1.61 bits per heavy atom. The highest BCUT2D eigenvalue weighted by Gasteiger charge is 2.19. The topological polar surface area (TPSA) is 24.1 Å². The van der Waals surface area contributed by atoms with Crippen molar-refractivity contribution in [3.05, 3.63) is 20.8 Å². The minimum atomic E-state index is 0.834. The molecular formula is C14H23BrN2S. The minimum Gasteiger partial charge on any atom is -0.316 e. The second-order valence-corrected chi connectivity index (χ2v) is 7.19. The number of piperidine rings is 1. The minimum absolute atomic E-state index is 0.834. The first-order valence-corrected chi connectivity index (χ1v) is 8.57. The standard InChI is InChI=1S/C14H23BrN2S/c1-11(12-3-2-5-16-8-12)4-6-17-9-14-7-13(15)10-18-14/h7,10-12,16-17H,2-6,8-9H2,1H3. The van der Waals surface area contributed by atoms with Crippen molar-refractivity contribution in [3.63, 3.8) is 0 Å². The maximum absolute atomic E-state index is 3.55. The average molecular weight is 331 g/mol. The summed E-state index contributed by atoms with van der Waals surface area (Å²) in [6.07, 6.45) is 4.05. The maximum Gasteiger partial charge on any atom is 0.0300 e. The molecule has 1 aromatic heterocycles. The van der Waals surface area contributed by atoms with Gasteiger partial charge in [0.15, 0.2) is 0 Å². The molecule has 2 rings (SSSR count). The largest absolute Gasteiger partial charge is 0.316 e. The van der Waals surface area contributed by atoms with E-state index in [-0.39, 0.29) is 0 Å². The molecule has 1 aliphatic heterocycles. The van der Waals surface area contributed by atoms with Gasteiger partial charge in [-0.05, 0) is 72.7 Å². The predicted molar refractivity (Wildman–Crippen MR) is 83.1 cm³/mol. The lowest BCUT2D eigenvalue weighted by Crippen LogP contribution is -2.34. The molecule has 2 nitrogen and oxygen atoms in total. The zero-order chi connectivity index (χ0) is 12.8. The van der Waals surface area contributed by atoms with Crippen LogP contribution in [0.1, 0.15) is 31.1 Å². The number of hydrogen-bond donors (Lipinski definition) is 2. The van der Waals surface area contributed by atoms with Crippen LogP contribution in [0.15, 0.2) is 15.9 Å². The quantitative estimate of drug-likeness (QED) is 0.778. The highest BCUT2D eigenvalue weighted by atomic mass is 79.9. The Morgan fingerprint density at radius 3 is 3.17 bits per heavy atom. The molecule has 1 aromatic rings. The number of thiophene rings is 1. The summed E-state index contributed by atoms with van der Waals surface area (Å²) in [5.41, 5.74) is 0. The molecule has 0 aliphatic carbocycles. The van der Waals surface area contributed by atoms with Crippen molar-refractivity contribution in [3.8, 4) is 0 Å². The van der Waals surface area contributed by atoms with Gasteiger partial charge in [-0.2, -0.15) is 0 Å². The second kappa shape index (κ2) is 7.63.